The van der Waals surface area contributed by atoms with Crippen molar-refractivity contribution in [1.29, 1.82) is 0 Å². The number of nitrogens with one attached hydrogen (secondary N) is 2. The normalized spacial score (nSPS) is 12.1. The molecule has 6 nitrogen and oxygen atoms in total. The molecule has 0 spiro atoms. The Bertz CT molecular complexity index is 591. The zero-order valence-electron chi connectivity index (χ0n) is 12.4. The molecule has 22 heavy (non-hydrogen) atoms. The Morgan fingerprint density at radius 1 is 1.32 bits per heavy atom. The van der Waals surface area contributed by atoms with Gasteiger partial charge in [-0.2, -0.15) is 0 Å². The molecule has 1 unspecified atom stereocenters. The van der Waals surface area contributed by atoms with Crippen LogP contribution in [0.1, 0.15) is 25.8 Å². The molecule has 1 aromatic rings. The lowest BCUT2D eigenvalue weighted by molar-refractivity contribution is -0.139. The second-order valence-corrected chi connectivity index (χ2v) is 6.10. The SMILES string of the molecule is Cc1c(Cl)cc(NC(=O)NC(CC(C)C)C(=O)O)c(O)c1Cl. The Hall–Kier alpha value is -1.66. The van der Waals surface area contributed by atoms with Crippen molar-refractivity contribution in [2.45, 2.75) is 33.2 Å². The predicted octanol–water partition coefficient (Wildman–Crippen LogP) is 3.63. The van der Waals surface area contributed by atoms with Gasteiger partial charge in [0.05, 0.1) is 10.7 Å². The van der Waals surface area contributed by atoms with Crippen LogP contribution in [0.25, 0.3) is 0 Å². The number of hydrogen-bond acceptors (Lipinski definition) is 3. The van der Waals surface area contributed by atoms with Gasteiger partial charge in [0.1, 0.15) is 6.04 Å². The molecule has 0 saturated heterocycles. The van der Waals surface area contributed by atoms with Crippen molar-refractivity contribution in [3.63, 3.8) is 0 Å². The van der Waals surface area contributed by atoms with Gasteiger partial charge in [-0.1, -0.05) is 37.0 Å². The number of aromatic hydroxyl groups is 1. The number of benzene rings is 1. The van der Waals surface area contributed by atoms with Gasteiger partial charge < -0.3 is 20.8 Å². The number of phenolic OH excluding ortho intramolecular Hbond substituents is 1. The van der Waals surface area contributed by atoms with Crippen LogP contribution in [-0.2, 0) is 4.79 Å². The summed E-state index contributed by atoms with van der Waals surface area (Å²) >= 11 is 11.8. The van der Waals surface area contributed by atoms with Crippen molar-refractivity contribution in [3.8, 4) is 5.75 Å². The van der Waals surface area contributed by atoms with Gasteiger partial charge in [0, 0.05) is 5.02 Å². The third-order valence-corrected chi connectivity index (χ3v) is 3.84. The summed E-state index contributed by atoms with van der Waals surface area (Å²) < 4.78 is 0. The summed E-state index contributed by atoms with van der Waals surface area (Å²) in [7, 11) is 0. The zero-order valence-corrected chi connectivity index (χ0v) is 13.9. The molecule has 0 radical (unpaired) electrons. The van der Waals surface area contributed by atoms with Crippen LogP contribution in [0.5, 0.6) is 5.75 Å². The Kier molecular flexibility index (Phi) is 6.32. The van der Waals surface area contributed by atoms with Crippen LogP contribution in [-0.4, -0.2) is 28.3 Å². The molecule has 1 aromatic carbocycles. The molecule has 4 N–H and O–H groups in total. The number of hydrogen-bond donors (Lipinski definition) is 4. The van der Waals surface area contributed by atoms with Gasteiger partial charge in [0.15, 0.2) is 5.75 Å². The molecular formula is C14H18Cl2N2O4. The van der Waals surface area contributed by atoms with Crippen molar-refractivity contribution >= 4 is 40.9 Å². The highest BCUT2D eigenvalue weighted by Crippen LogP contribution is 2.38. The molecule has 8 heteroatoms. The zero-order chi connectivity index (χ0) is 17.0. The van der Waals surface area contributed by atoms with Gasteiger partial charge in [-0.3, -0.25) is 0 Å². The first-order valence-corrected chi connectivity index (χ1v) is 7.37. The number of aliphatic carboxylic acids is 1. The van der Waals surface area contributed by atoms with E-state index in [-0.39, 0.29) is 33.8 Å². The highest BCUT2D eigenvalue weighted by Gasteiger charge is 2.22. The fourth-order valence-electron chi connectivity index (χ4n) is 1.81. The van der Waals surface area contributed by atoms with Crippen LogP contribution < -0.4 is 10.6 Å². The maximum absolute atomic E-state index is 11.9. The van der Waals surface area contributed by atoms with Gasteiger partial charge in [-0.05, 0) is 30.9 Å². The summed E-state index contributed by atoms with van der Waals surface area (Å²) in [6, 6.07) is -0.450. The second kappa shape index (κ2) is 7.56. The average Bonchev–Trinajstić information content (AvgIpc) is 2.41. The number of urea groups is 1. The number of halogens is 2. The standard InChI is InChI=1S/C14H18Cl2N2O4/c1-6(2)4-10(13(20)21)18-14(22)17-9-5-8(15)7(3)11(16)12(9)19/h5-6,10,19H,4H2,1-3H3,(H,20,21)(H2,17,18,22). The smallest absolute Gasteiger partial charge is 0.326 e. The van der Waals surface area contributed by atoms with E-state index in [1.807, 2.05) is 13.8 Å². The summed E-state index contributed by atoms with van der Waals surface area (Å²) in [5, 5.41) is 23.9. The van der Waals surface area contributed by atoms with Gasteiger partial charge in [-0.15, -0.1) is 0 Å². The Morgan fingerprint density at radius 2 is 1.91 bits per heavy atom. The van der Waals surface area contributed by atoms with E-state index in [0.29, 0.717) is 5.56 Å². The lowest BCUT2D eigenvalue weighted by Gasteiger charge is -2.18. The van der Waals surface area contributed by atoms with Crippen molar-refractivity contribution in [2.75, 3.05) is 5.32 Å². The summed E-state index contributed by atoms with van der Waals surface area (Å²) in [6.45, 7) is 5.32. The van der Waals surface area contributed by atoms with Gasteiger partial charge in [0.25, 0.3) is 0 Å². The van der Waals surface area contributed by atoms with Gasteiger partial charge >= 0.3 is 12.0 Å². The predicted molar refractivity (Wildman–Crippen MR) is 85.9 cm³/mol. The Labute approximate surface area is 138 Å². The van der Waals surface area contributed by atoms with Crippen molar-refractivity contribution < 1.29 is 19.8 Å². The number of carbonyl (C=O) groups excluding carboxylic acids is 1. The maximum atomic E-state index is 11.9. The molecule has 0 aliphatic carbocycles. The van der Waals surface area contributed by atoms with E-state index in [9.17, 15) is 14.7 Å². The summed E-state index contributed by atoms with van der Waals surface area (Å²) in [4.78, 5) is 23.0. The number of amides is 2. The molecule has 0 aromatic heterocycles. The molecule has 0 fully saturated rings. The summed E-state index contributed by atoms with van der Waals surface area (Å²) in [5.74, 6) is -1.36. The molecule has 1 rings (SSSR count). The monoisotopic (exact) mass is 348 g/mol. The van der Waals surface area contributed by atoms with Crippen molar-refractivity contribution in [1.82, 2.24) is 5.32 Å². The van der Waals surface area contributed by atoms with E-state index in [4.69, 9.17) is 28.3 Å². The first-order chi connectivity index (χ1) is 10.1. The van der Waals surface area contributed by atoms with Crippen LogP contribution in [0.15, 0.2) is 6.07 Å². The highest BCUT2D eigenvalue weighted by atomic mass is 35.5. The number of rotatable bonds is 5. The quantitative estimate of drug-likeness (QED) is 0.610. The van der Waals surface area contributed by atoms with E-state index < -0.39 is 18.0 Å². The maximum Gasteiger partial charge on any atom is 0.326 e. The van der Waals surface area contributed by atoms with Crippen LogP contribution in [0.3, 0.4) is 0 Å². The van der Waals surface area contributed by atoms with E-state index in [1.54, 1.807) is 6.92 Å². The van der Waals surface area contributed by atoms with E-state index in [2.05, 4.69) is 10.6 Å². The van der Waals surface area contributed by atoms with Gasteiger partial charge in [0.2, 0.25) is 0 Å². The molecular weight excluding hydrogens is 331 g/mol. The highest BCUT2D eigenvalue weighted by molar-refractivity contribution is 6.37. The van der Waals surface area contributed by atoms with Crippen LogP contribution >= 0.6 is 23.2 Å². The number of carboxylic acid groups (broad SMARTS) is 1. The minimum Gasteiger partial charge on any atom is -0.504 e. The lowest BCUT2D eigenvalue weighted by Crippen LogP contribution is -2.43. The minimum atomic E-state index is -1.13. The van der Waals surface area contributed by atoms with E-state index in [0.717, 1.165) is 0 Å². The summed E-state index contributed by atoms with van der Waals surface area (Å²) in [5.41, 5.74) is 0.488. The molecule has 2 amide bonds. The fourth-order valence-corrected chi connectivity index (χ4v) is 2.26. The topological polar surface area (TPSA) is 98.7 Å². The Balaban J connectivity index is 2.87. The number of carboxylic acids is 1. The molecule has 0 heterocycles. The average molecular weight is 349 g/mol. The minimum absolute atomic E-state index is 0.00628. The second-order valence-electron chi connectivity index (χ2n) is 5.31. The van der Waals surface area contributed by atoms with Crippen LogP contribution in [0, 0.1) is 12.8 Å². The summed E-state index contributed by atoms with van der Waals surface area (Å²) in [6.07, 6.45) is 0.282. The first-order valence-electron chi connectivity index (χ1n) is 6.61. The largest absolute Gasteiger partial charge is 0.504 e. The molecule has 0 bridgehead atoms. The van der Waals surface area contributed by atoms with Crippen molar-refractivity contribution in [3.05, 3.63) is 21.7 Å². The third kappa shape index (κ3) is 4.68. The number of carbonyl (C=O) groups is 2. The molecule has 0 aliphatic rings. The third-order valence-electron chi connectivity index (χ3n) is 2.98. The molecule has 1 atom stereocenters. The molecule has 122 valence electrons. The van der Waals surface area contributed by atoms with Gasteiger partial charge in [-0.25, -0.2) is 9.59 Å². The first kappa shape index (κ1) is 18.4. The number of anilines is 1. The van der Waals surface area contributed by atoms with E-state index in [1.165, 1.54) is 6.07 Å². The number of phenols is 1. The van der Waals surface area contributed by atoms with Crippen molar-refractivity contribution in [2.24, 2.45) is 5.92 Å². The lowest BCUT2D eigenvalue weighted by atomic mass is 10.0. The molecule has 0 aliphatic heterocycles. The van der Waals surface area contributed by atoms with E-state index >= 15 is 0 Å². The fraction of sp³-hybridized carbons (Fsp3) is 0.429. The molecule has 0 saturated carbocycles. The van der Waals surface area contributed by atoms with Crippen LogP contribution in [0.4, 0.5) is 10.5 Å². The van der Waals surface area contributed by atoms with Crippen LogP contribution in [0.2, 0.25) is 10.0 Å². The Morgan fingerprint density at radius 3 is 2.41 bits per heavy atom.